The molecule has 3 heterocycles. The highest BCUT2D eigenvalue weighted by atomic mass is 16.2. The zero-order valence-electron chi connectivity index (χ0n) is 13.7. The van der Waals surface area contributed by atoms with Gasteiger partial charge in [-0.25, -0.2) is 14.8 Å². The molecular weight excluding hydrogens is 306 g/mol. The van der Waals surface area contributed by atoms with Crippen LogP contribution in [-0.2, 0) is 11.3 Å². The maximum atomic E-state index is 12.5. The topological polar surface area (TPSA) is 71.3 Å². The molecule has 0 aromatic carbocycles. The second kappa shape index (κ2) is 7.25. The maximum Gasteiger partial charge on any atom is 0.347 e. The summed E-state index contributed by atoms with van der Waals surface area (Å²) >= 11 is 0. The molecule has 1 aliphatic heterocycles. The summed E-state index contributed by atoms with van der Waals surface area (Å²) in [5.41, 5.74) is -0.405. The molecule has 0 radical (unpaired) electrons. The Hall–Kier alpha value is -2.70. The molecule has 0 bridgehead atoms. The van der Waals surface area contributed by atoms with E-state index in [1.807, 2.05) is 18.2 Å². The average molecular weight is 327 g/mol. The van der Waals surface area contributed by atoms with E-state index >= 15 is 0 Å². The normalized spacial score (nSPS) is 17.5. The second-order valence-electron chi connectivity index (χ2n) is 5.96. The highest BCUT2D eigenvalue weighted by molar-refractivity contribution is 5.76. The van der Waals surface area contributed by atoms with Gasteiger partial charge >= 0.3 is 5.69 Å². The van der Waals surface area contributed by atoms with Gasteiger partial charge in [-0.15, -0.1) is 0 Å². The molecule has 1 atom stereocenters. The van der Waals surface area contributed by atoms with Crippen molar-refractivity contribution in [3.8, 4) is 0 Å². The summed E-state index contributed by atoms with van der Waals surface area (Å²) in [5, 5.41) is 0. The fourth-order valence-electron chi connectivity index (χ4n) is 2.99. The minimum atomic E-state index is -0.405. The smallest absolute Gasteiger partial charge is 0.347 e. The zero-order valence-corrected chi connectivity index (χ0v) is 13.7. The van der Waals surface area contributed by atoms with Crippen molar-refractivity contribution in [2.24, 2.45) is 0 Å². The fraction of sp³-hybridized carbons (Fsp3) is 0.412. The largest absolute Gasteiger partial charge is 0.355 e. The summed E-state index contributed by atoms with van der Waals surface area (Å²) in [6, 6.07) is 7.61. The summed E-state index contributed by atoms with van der Waals surface area (Å²) in [6.45, 7) is 1.71. The van der Waals surface area contributed by atoms with Gasteiger partial charge in [-0.05, 0) is 31.0 Å². The standard InChI is InChI=1S/C17H21N5O2/c1-20(16(23)13-22-11-5-9-19-17(22)24)14-6-4-10-21(12-14)15-7-2-3-8-18-15/h2-3,5,7-9,11,14H,4,6,10,12-13H2,1H3/t14-/m0/s1. The van der Waals surface area contributed by atoms with Gasteiger partial charge in [0.25, 0.3) is 0 Å². The number of rotatable bonds is 4. The van der Waals surface area contributed by atoms with E-state index in [2.05, 4.69) is 14.9 Å². The lowest BCUT2D eigenvalue weighted by Crippen LogP contribution is -2.50. The van der Waals surface area contributed by atoms with Gasteiger partial charge in [0.2, 0.25) is 5.91 Å². The molecular formula is C17H21N5O2. The number of carbonyl (C=O) groups excluding carboxylic acids is 1. The molecule has 126 valence electrons. The summed E-state index contributed by atoms with van der Waals surface area (Å²) < 4.78 is 1.33. The van der Waals surface area contributed by atoms with Crippen molar-refractivity contribution in [1.29, 1.82) is 0 Å². The number of aromatic nitrogens is 3. The lowest BCUT2D eigenvalue weighted by atomic mass is 10.0. The molecule has 7 nitrogen and oxygen atoms in total. The molecule has 1 aliphatic rings. The van der Waals surface area contributed by atoms with E-state index in [0.717, 1.165) is 31.7 Å². The van der Waals surface area contributed by atoms with E-state index in [0.29, 0.717) is 0 Å². The van der Waals surface area contributed by atoms with Crippen LogP contribution in [0.2, 0.25) is 0 Å². The SMILES string of the molecule is CN(C(=O)Cn1cccnc1=O)[C@H]1CCCN(c2ccccn2)C1. The molecule has 1 fully saturated rings. The number of pyridine rings is 1. The van der Waals surface area contributed by atoms with Gasteiger partial charge in [0.15, 0.2) is 0 Å². The van der Waals surface area contributed by atoms with Crippen LogP contribution in [0.1, 0.15) is 12.8 Å². The van der Waals surface area contributed by atoms with Crippen LogP contribution in [0.5, 0.6) is 0 Å². The Bertz CT molecular complexity index is 746. The van der Waals surface area contributed by atoms with E-state index in [1.54, 1.807) is 30.4 Å². The molecule has 24 heavy (non-hydrogen) atoms. The Labute approximate surface area is 140 Å². The Balaban J connectivity index is 1.66. The molecule has 0 aliphatic carbocycles. The van der Waals surface area contributed by atoms with E-state index in [4.69, 9.17) is 0 Å². The van der Waals surface area contributed by atoms with Crippen molar-refractivity contribution in [3.63, 3.8) is 0 Å². The van der Waals surface area contributed by atoms with Crippen molar-refractivity contribution < 1.29 is 4.79 Å². The van der Waals surface area contributed by atoms with Crippen LogP contribution in [0.3, 0.4) is 0 Å². The first-order valence-corrected chi connectivity index (χ1v) is 8.08. The molecule has 1 amide bonds. The monoisotopic (exact) mass is 327 g/mol. The predicted molar refractivity (Wildman–Crippen MR) is 90.7 cm³/mol. The Morgan fingerprint density at radius 2 is 2.12 bits per heavy atom. The Morgan fingerprint density at radius 1 is 1.29 bits per heavy atom. The first kappa shape index (κ1) is 16.2. The number of anilines is 1. The summed E-state index contributed by atoms with van der Waals surface area (Å²) in [5.74, 6) is 0.851. The zero-order chi connectivity index (χ0) is 16.9. The molecule has 3 rings (SSSR count). The fourth-order valence-corrected chi connectivity index (χ4v) is 2.99. The Morgan fingerprint density at radius 3 is 2.88 bits per heavy atom. The molecule has 1 saturated heterocycles. The molecule has 2 aromatic rings. The first-order chi connectivity index (χ1) is 11.6. The van der Waals surface area contributed by atoms with Crippen LogP contribution >= 0.6 is 0 Å². The third kappa shape index (κ3) is 3.61. The lowest BCUT2D eigenvalue weighted by Gasteiger charge is -2.38. The highest BCUT2D eigenvalue weighted by Gasteiger charge is 2.26. The van der Waals surface area contributed by atoms with Gasteiger partial charge in [-0.2, -0.15) is 0 Å². The van der Waals surface area contributed by atoms with Crippen LogP contribution < -0.4 is 10.6 Å². The number of hydrogen-bond acceptors (Lipinski definition) is 5. The van der Waals surface area contributed by atoms with Crippen LogP contribution in [-0.4, -0.2) is 51.5 Å². The third-order valence-electron chi connectivity index (χ3n) is 4.40. The first-order valence-electron chi connectivity index (χ1n) is 8.08. The van der Waals surface area contributed by atoms with E-state index in [-0.39, 0.29) is 18.5 Å². The van der Waals surface area contributed by atoms with Crippen LogP contribution in [0, 0.1) is 0 Å². The highest BCUT2D eigenvalue weighted by Crippen LogP contribution is 2.20. The van der Waals surface area contributed by atoms with Crippen molar-refractivity contribution in [2.75, 3.05) is 25.0 Å². The number of likely N-dealkylation sites (N-methyl/N-ethyl adjacent to an activating group) is 1. The number of carbonyl (C=O) groups is 1. The number of hydrogen-bond donors (Lipinski definition) is 0. The lowest BCUT2D eigenvalue weighted by molar-refractivity contribution is -0.132. The maximum absolute atomic E-state index is 12.5. The van der Waals surface area contributed by atoms with Crippen molar-refractivity contribution in [2.45, 2.75) is 25.4 Å². The van der Waals surface area contributed by atoms with Crippen LogP contribution in [0.4, 0.5) is 5.82 Å². The van der Waals surface area contributed by atoms with Gasteiger partial charge in [-0.1, -0.05) is 6.07 Å². The quantitative estimate of drug-likeness (QED) is 0.829. The van der Waals surface area contributed by atoms with Gasteiger partial charge < -0.3 is 9.80 Å². The minimum Gasteiger partial charge on any atom is -0.355 e. The molecule has 2 aromatic heterocycles. The number of nitrogens with zero attached hydrogens (tertiary/aromatic N) is 5. The van der Waals surface area contributed by atoms with Gasteiger partial charge in [0.05, 0.1) is 0 Å². The van der Waals surface area contributed by atoms with Gasteiger partial charge in [-0.3, -0.25) is 9.36 Å². The van der Waals surface area contributed by atoms with Crippen molar-refractivity contribution >= 4 is 11.7 Å². The number of amides is 1. The van der Waals surface area contributed by atoms with Crippen molar-refractivity contribution in [1.82, 2.24) is 19.4 Å². The predicted octanol–water partition coefficient (Wildman–Crippen LogP) is 0.766. The molecule has 7 heteroatoms. The minimum absolute atomic E-state index is 0.0171. The van der Waals surface area contributed by atoms with Gasteiger partial charge in [0.1, 0.15) is 12.4 Å². The summed E-state index contributed by atoms with van der Waals surface area (Å²) in [4.78, 5) is 36.2. The molecule has 0 unspecified atom stereocenters. The molecule has 0 saturated carbocycles. The van der Waals surface area contributed by atoms with E-state index in [1.165, 1.54) is 10.8 Å². The van der Waals surface area contributed by atoms with E-state index in [9.17, 15) is 9.59 Å². The summed E-state index contributed by atoms with van der Waals surface area (Å²) in [7, 11) is 1.80. The average Bonchev–Trinajstić information content (AvgIpc) is 2.64. The molecule has 0 N–H and O–H groups in total. The van der Waals surface area contributed by atoms with Gasteiger partial charge in [0, 0.05) is 44.8 Å². The van der Waals surface area contributed by atoms with E-state index < -0.39 is 5.69 Å². The van der Waals surface area contributed by atoms with Crippen LogP contribution in [0.15, 0.2) is 47.7 Å². The second-order valence-corrected chi connectivity index (χ2v) is 5.96. The third-order valence-corrected chi connectivity index (χ3v) is 4.40. The Kier molecular flexibility index (Phi) is 4.88. The summed E-state index contributed by atoms with van der Waals surface area (Å²) in [6.07, 6.45) is 6.75. The molecule has 0 spiro atoms. The number of piperidine rings is 1. The van der Waals surface area contributed by atoms with Crippen LogP contribution in [0.25, 0.3) is 0 Å². The van der Waals surface area contributed by atoms with Crippen molar-refractivity contribution in [3.05, 3.63) is 53.3 Å².